The van der Waals surface area contributed by atoms with Crippen LogP contribution >= 0.6 is 27.5 Å². The van der Waals surface area contributed by atoms with Crippen molar-refractivity contribution in [2.45, 2.75) is 32.2 Å². The third-order valence-electron chi connectivity index (χ3n) is 5.45. The van der Waals surface area contributed by atoms with Crippen LogP contribution in [0.2, 0.25) is 5.02 Å². The fourth-order valence-corrected chi connectivity index (χ4v) is 4.83. The van der Waals surface area contributed by atoms with Crippen molar-refractivity contribution in [3.63, 3.8) is 0 Å². The Balaban J connectivity index is 2.27. The van der Waals surface area contributed by atoms with Gasteiger partial charge >= 0.3 is 5.97 Å². The van der Waals surface area contributed by atoms with Crippen LogP contribution in [0.15, 0.2) is 47.2 Å². The number of ether oxygens (including phenoxy) is 2. The van der Waals surface area contributed by atoms with E-state index in [1.165, 1.54) is 6.07 Å². The summed E-state index contributed by atoms with van der Waals surface area (Å²) in [5.41, 5.74) is 2.35. The smallest absolute Gasteiger partial charge is 0.358 e. The molecule has 0 radical (unpaired) electrons. The Kier molecular flexibility index (Phi) is 8.84. The zero-order valence-corrected chi connectivity index (χ0v) is 21.4. The van der Waals surface area contributed by atoms with Gasteiger partial charge in [-0.05, 0) is 65.5 Å². The predicted octanol–water partition coefficient (Wildman–Crippen LogP) is 6.07. The zero-order chi connectivity index (χ0) is 24.8. The number of aromatic nitrogens is 2. The van der Waals surface area contributed by atoms with E-state index in [2.05, 4.69) is 27.0 Å². The topological polar surface area (TPSA) is 77.1 Å². The number of carbonyl (C=O) groups excluding carboxylic acids is 1. The van der Waals surface area contributed by atoms with Crippen molar-refractivity contribution in [1.82, 2.24) is 9.55 Å². The Morgan fingerprint density at radius 2 is 2.00 bits per heavy atom. The number of rotatable bonds is 9. The lowest BCUT2D eigenvalue weighted by Gasteiger charge is -2.25. The van der Waals surface area contributed by atoms with Crippen molar-refractivity contribution in [1.29, 1.82) is 5.26 Å². The second-order valence-corrected chi connectivity index (χ2v) is 8.83. The number of hydrogen-bond acceptors (Lipinski definition) is 5. The molecule has 6 nitrogen and oxygen atoms in total. The Morgan fingerprint density at radius 1 is 1.29 bits per heavy atom. The van der Waals surface area contributed by atoms with Crippen molar-refractivity contribution in [2.24, 2.45) is 0 Å². The average Bonchev–Trinajstić information content (AvgIpc) is 3.17. The first-order valence-corrected chi connectivity index (χ1v) is 11.9. The molecule has 178 valence electrons. The maximum absolute atomic E-state index is 15.0. The van der Waals surface area contributed by atoms with Gasteiger partial charge in [-0.1, -0.05) is 35.9 Å². The number of carbonyl (C=O) groups is 1. The van der Waals surface area contributed by atoms with E-state index in [1.807, 2.05) is 11.5 Å². The summed E-state index contributed by atoms with van der Waals surface area (Å²) in [5.74, 6) is -1.60. The highest BCUT2D eigenvalue weighted by Gasteiger charge is 2.32. The zero-order valence-electron chi connectivity index (χ0n) is 19.0. The monoisotopic (exact) mass is 547 g/mol. The predicted molar refractivity (Wildman–Crippen MR) is 131 cm³/mol. The first-order chi connectivity index (χ1) is 16.3. The third-order valence-corrected chi connectivity index (χ3v) is 6.30. The molecular formula is C25H24BrClFN3O3. The van der Waals surface area contributed by atoms with Crippen molar-refractivity contribution < 1.29 is 18.7 Å². The largest absolute Gasteiger partial charge is 0.461 e. The molecule has 0 saturated heterocycles. The lowest BCUT2D eigenvalue weighted by atomic mass is 9.87. The van der Waals surface area contributed by atoms with Crippen LogP contribution in [0, 0.1) is 17.1 Å². The fraction of sp³-hybridized carbons (Fsp3) is 0.320. The Bertz CT molecular complexity index is 1210. The van der Waals surface area contributed by atoms with Crippen molar-refractivity contribution in [3.05, 3.63) is 86.1 Å². The summed E-state index contributed by atoms with van der Waals surface area (Å²) in [7, 11) is 1.59. The molecule has 0 amide bonds. The highest BCUT2D eigenvalue weighted by atomic mass is 79.9. The van der Waals surface area contributed by atoms with Gasteiger partial charge in [0.1, 0.15) is 5.82 Å². The lowest BCUT2D eigenvalue weighted by molar-refractivity contribution is 0.0517. The van der Waals surface area contributed by atoms with Gasteiger partial charge in [-0.2, -0.15) is 5.26 Å². The van der Waals surface area contributed by atoms with E-state index in [0.717, 1.165) is 5.56 Å². The Hall–Kier alpha value is -2.73. The SMILES string of the molecule is CCOC(=O)c1nc(Br)n([C@H](C)COC)c1C(Cc1cccc(Cl)c1F)c1ccc(C#N)cc1. The molecule has 0 spiro atoms. The first-order valence-electron chi connectivity index (χ1n) is 10.7. The fourth-order valence-electron chi connectivity index (χ4n) is 3.92. The van der Waals surface area contributed by atoms with Gasteiger partial charge in [0.25, 0.3) is 0 Å². The molecule has 0 aliphatic carbocycles. The second-order valence-electron chi connectivity index (χ2n) is 7.71. The maximum Gasteiger partial charge on any atom is 0.358 e. The first kappa shape index (κ1) is 25.9. The van der Waals surface area contributed by atoms with Gasteiger partial charge in [-0.15, -0.1) is 0 Å². The summed E-state index contributed by atoms with van der Waals surface area (Å²) >= 11 is 9.54. The molecule has 0 aliphatic rings. The number of imidazole rings is 1. The van der Waals surface area contributed by atoms with Crippen LogP contribution in [0.3, 0.4) is 0 Å². The molecule has 1 unspecified atom stereocenters. The standard InChI is InChI=1S/C25H24BrClFN3O3/c1-4-34-24(32)22-23(31(25(26)30-22)15(2)14-33-3)19(17-10-8-16(13-29)9-11-17)12-18-6-5-7-20(27)21(18)28/h5-11,15,19H,4,12,14H2,1-3H3/t15-,19?/m1/s1. The summed E-state index contributed by atoms with van der Waals surface area (Å²) < 4.78 is 27.9. The van der Waals surface area contributed by atoms with Gasteiger partial charge < -0.3 is 14.0 Å². The maximum atomic E-state index is 15.0. The molecular weight excluding hydrogens is 525 g/mol. The van der Waals surface area contributed by atoms with E-state index in [0.29, 0.717) is 28.2 Å². The molecule has 2 atom stereocenters. The van der Waals surface area contributed by atoms with Crippen LogP contribution in [0.25, 0.3) is 0 Å². The minimum Gasteiger partial charge on any atom is -0.461 e. The number of nitrogens with zero attached hydrogens (tertiary/aromatic N) is 3. The van der Waals surface area contributed by atoms with Crippen LogP contribution in [0.1, 0.15) is 58.7 Å². The molecule has 1 aromatic heterocycles. The number of halogens is 3. The van der Waals surface area contributed by atoms with E-state index < -0.39 is 17.7 Å². The number of hydrogen-bond donors (Lipinski definition) is 0. The van der Waals surface area contributed by atoms with Gasteiger partial charge in [-0.3, -0.25) is 0 Å². The average molecular weight is 549 g/mol. The van der Waals surface area contributed by atoms with Crippen LogP contribution in [-0.4, -0.2) is 35.8 Å². The highest BCUT2D eigenvalue weighted by molar-refractivity contribution is 9.10. The van der Waals surface area contributed by atoms with E-state index >= 15 is 0 Å². The second kappa shape index (κ2) is 11.6. The number of methoxy groups -OCH3 is 1. The summed E-state index contributed by atoms with van der Waals surface area (Å²) in [6, 6.07) is 13.7. The summed E-state index contributed by atoms with van der Waals surface area (Å²) in [6.07, 6.45) is 0.197. The van der Waals surface area contributed by atoms with Crippen LogP contribution in [0.5, 0.6) is 0 Å². The van der Waals surface area contributed by atoms with Gasteiger partial charge in [0.15, 0.2) is 10.4 Å². The molecule has 9 heteroatoms. The number of esters is 1. The molecule has 0 fully saturated rings. The molecule has 3 rings (SSSR count). The highest BCUT2D eigenvalue weighted by Crippen LogP contribution is 2.37. The molecule has 1 heterocycles. The van der Waals surface area contributed by atoms with E-state index in [9.17, 15) is 14.4 Å². The van der Waals surface area contributed by atoms with E-state index in [-0.39, 0.29) is 29.8 Å². The molecule has 0 saturated carbocycles. The van der Waals surface area contributed by atoms with Crippen LogP contribution < -0.4 is 0 Å². The van der Waals surface area contributed by atoms with Crippen molar-refractivity contribution in [2.75, 3.05) is 20.3 Å². The Labute approximate surface area is 211 Å². The van der Waals surface area contributed by atoms with Gasteiger partial charge in [0.05, 0.1) is 41.6 Å². The van der Waals surface area contributed by atoms with Crippen LogP contribution in [0.4, 0.5) is 4.39 Å². The number of nitriles is 1. The van der Waals surface area contributed by atoms with E-state index in [1.54, 1.807) is 50.4 Å². The molecule has 3 aromatic rings. The minimum absolute atomic E-state index is 0.0177. The molecule has 34 heavy (non-hydrogen) atoms. The molecule has 0 bridgehead atoms. The molecule has 0 N–H and O–H groups in total. The lowest BCUT2D eigenvalue weighted by Crippen LogP contribution is -2.21. The summed E-state index contributed by atoms with van der Waals surface area (Å²) in [6.45, 7) is 4.19. The normalized spacial score (nSPS) is 12.7. The number of benzene rings is 2. The minimum atomic E-state index is -0.577. The van der Waals surface area contributed by atoms with E-state index in [4.69, 9.17) is 21.1 Å². The molecule has 0 aliphatic heterocycles. The van der Waals surface area contributed by atoms with Gasteiger partial charge in [0.2, 0.25) is 0 Å². The van der Waals surface area contributed by atoms with Gasteiger partial charge in [0, 0.05) is 13.0 Å². The summed E-state index contributed by atoms with van der Waals surface area (Å²) in [5, 5.41) is 9.25. The molecule has 2 aromatic carbocycles. The summed E-state index contributed by atoms with van der Waals surface area (Å²) in [4.78, 5) is 17.4. The Morgan fingerprint density at radius 3 is 2.62 bits per heavy atom. The van der Waals surface area contributed by atoms with Crippen molar-refractivity contribution >= 4 is 33.5 Å². The van der Waals surface area contributed by atoms with Gasteiger partial charge in [-0.25, -0.2) is 14.2 Å². The third kappa shape index (κ3) is 5.49. The van der Waals surface area contributed by atoms with Crippen LogP contribution in [-0.2, 0) is 15.9 Å². The van der Waals surface area contributed by atoms with Crippen molar-refractivity contribution in [3.8, 4) is 6.07 Å². The quantitative estimate of drug-likeness (QED) is 0.303.